The van der Waals surface area contributed by atoms with Gasteiger partial charge < -0.3 is 14.2 Å². The van der Waals surface area contributed by atoms with Crippen LogP contribution in [0.25, 0.3) is 0 Å². The number of nitrogens with one attached hydrogen (secondary N) is 1. The second-order valence-corrected chi connectivity index (χ2v) is 6.56. The molecule has 0 fully saturated rings. The van der Waals surface area contributed by atoms with Gasteiger partial charge in [0.05, 0.1) is 18.0 Å². The third-order valence-electron chi connectivity index (χ3n) is 3.24. The van der Waals surface area contributed by atoms with Gasteiger partial charge in [0.15, 0.2) is 0 Å². The Bertz CT molecular complexity index is 703. The minimum atomic E-state index is -3.62. The van der Waals surface area contributed by atoms with Crippen LogP contribution in [0.4, 0.5) is 0 Å². The molecule has 0 saturated carbocycles. The van der Waals surface area contributed by atoms with Crippen molar-refractivity contribution in [1.82, 2.24) is 18.8 Å². The highest BCUT2D eigenvalue weighted by molar-refractivity contribution is 7.89. The van der Waals surface area contributed by atoms with E-state index in [4.69, 9.17) is 0 Å². The quantitative estimate of drug-likeness (QED) is 0.783. The molecular weight excluding hydrogens is 292 g/mol. The Morgan fingerprint density at radius 2 is 2.19 bits per heavy atom. The van der Waals surface area contributed by atoms with Crippen LogP contribution in [0.2, 0.25) is 0 Å². The summed E-state index contributed by atoms with van der Waals surface area (Å²) in [7, 11) is -1.81. The molecule has 0 atom stereocenters. The van der Waals surface area contributed by atoms with Gasteiger partial charge in [0.1, 0.15) is 5.82 Å². The first-order valence-corrected chi connectivity index (χ1v) is 8.22. The van der Waals surface area contributed by atoms with Crippen LogP contribution in [0.5, 0.6) is 0 Å². The zero-order valence-corrected chi connectivity index (χ0v) is 13.0. The number of imidazole rings is 1. The minimum Gasteiger partial charge on any atom is -0.390 e. The van der Waals surface area contributed by atoms with E-state index in [1.165, 1.54) is 6.07 Å². The molecule has 0 unspecified atom stereocenters. The summed E-state index contributed by atoms with van der Waals surface area (Å²) in [6.45, 7) is 2.60. The summed E-state index contributed by atoms with van der Waals surface area (Å²) < 4.78 is 30.6. The summed E-state index contributed by atoms with van der Waals surface area (Å²) in [6, 6.07) is 1.50. The molecule has 2 aromatic rings. The number of hydrogen-bond acceptors (Lipinski definition) is 4. The van der Waals surface area contributed by atoms with Gasteiger partial charge in [0, 0.05) is 37.9 Å². The molecule has 0 aliphatic rings. The number of sulfonamides is 1. The average molecular weight is 312 g/mol. The molecule has 7 nitrogen and oxygen atoms in total. The lowest BCUT2D eigenvalue weighted by Gasteiger charge is -2.05. The van der Waals surface area contributed by atoms with Crippen LogP contribution < -0.4 is 4.72 Å². The highest BCUT2D eigenvalue weighted by Crippen LogP contribution is 2.15. The number of hydrogen-bond donors (Lipinski definition) is 2. The van der Waals surface area contributed by atoms with Crippen molar-refractivity contribution in [2.45, 2.75) is 37.9 Å². The first-order valence-electron chi connectivity index (χ1n) is 6.73. The summed E-state index contributed by atoms with van der Waals surface area (Å²) in [5.74, 6) is 0.633. The maximum Gasteiger partial charge on any atom is 0.242 e. The van der Waals surface area contributed by atoms with Gasteiger partial charge in [-0.15, -0.1) is 0 Å². The first-order chi connectivity index (χ1) is 9.97. The van der Waals surface area contributed by atoms with Gasteiger partial charge in [-0.05, 0) is 12.5 Å². The van der Waals surface area contributed by atoms with Gasteiger partial charge in [-0.3, -0.25) is 0 Å². The molecule has 0 aliphatic carbocycles. The van der Waals surface area contributed by atoms with E-state index in [1.54, 1.807) is 34.8 Å². The molecular formula is C13H20N4O3S. The predicted octanol–water partition coefficient (Wildman–Crippen LogP) is 0.602. The van der Waals surface area contributed by atoms with Crippen LogP contribution in [0, 0.1) is 0 Å². The highest BCUT2D eigenvalue weighted by Gasteiger charge is 2.18. The highest BCUT2D eigenvalue weighted by atomic mass is 32.2. The average Bonchev–Trinajstić information content (AvgIpc) is 3.04. The van der Waals surface area contributed by atoms with Crippen LogP contribution in [0.1, 0.15) is 24.9 Å². The third-order valence-corrected chi connectivity index (χ3v) is 4.61. The fraction of sp³-hybridized carbons (Fsp3) is 0.462. The Morgan fingerprint density at radius 1 is 1.43 bits per heavy atom. The Labute approximate surface area is 124 Å². The molecule has 2 heterocycles. The molecule has 0 radical (unpaired) electrons. The second-order valence-electron chi connectivity index (χ2n) is 4.80. The Morgan fingerprint density at radius 3 is 2.76 bits per heavy atom. The summed E-state index contributed by atoms with van der Waals surface area (Å²) >= 11 is 0. The number of aromatic nitrogens is 3. The molecule has 0 aromatic carbocycles. The summed E-state index contributed by atoms with van der Waals surface area (Å²) in [6.07, 6.45) is 5.79. The van der Waals surface area contributed by atoms with Gasteiger partial charge >= 0.3 is 0 Å². The van der Waals surface area contributed by atoms with Crippen molar-refractivity contribution in [3.8, 4) is 0 Å². The lowest BCUT2D eigenvalue weighted by atomic mass is 10.4. The SMILES string of the molecule is CCCn1cc(S(=O)(=O)NCc2nccn2C)cc1CO. The largest absolute Gasteiger partial charge is 0.390 e. The van der Waals surface area contributed by atoms with E-state index in [-0.39, 0.29) is 18.0 Å². The molecule has 2 rings (SSSR count). The van der Waals surface area contributed by atoms with Gasteiger partial charge in [0.2, 0.25) is 10.0 Å². The van der Waals surface area contributed by atoms with Crippen molar-refractivity contribution in [3.05, 3.63) is 36.2 Å². The lowest BCUT2D eigenvalue weighted by Crippen LogP contribution is -2.24. The fourth-order valence-corrected chi connectivity index (χ4v) is 3.11. The Hall–Kier alpha value is -1.64. The van der Waals surface area contributed by atoms with Crippen LogP contribution in [0.15, 0.2) is 29.6 Å². The zero-order valence-electron chi connectivity index (χ0n) is 12.2. The van der Waals surface area contributed by atoms with E-state index in [0.717, 1.165) is 6.42 Å². The van der Waals surface area contributed by atoms with E-state index in [9.17, 15) is 13.5 Å². The Kier molecular flexibility index (Phi) is 4.81. The number of aliphatic hydroxyl groups excluding tert-OH is 1. The topological polar surface area (TPSA) is 89.2 Å². The van der Waals surface area contributed by atoms with Gasteiger partial charge in [-0.1, -0.05) is 6.92 Å². The summed E-state index contributed by atoms with van der Waals surface area (Å²) in [5.41, 5.74) is 0.592. The second kappa shape index (κ2) is 6.42. The van der Waals surface area contributed by atoms with Crippen LogP contribution >= 0.6 is 0 Å². The predicted molar refractivity (Wildman–Crippen MR) is 77.9 cm³/mol. The summed E-state index contributed by atoms with van der Waals surface area (Å²) in [4.78, 5) is 4.23. The van der Waals surface area contributed by atoms with E-state index in [1.807, 2.05) is 6.92 Å². The molecule has 0 spiro atoms. The van der Waals surface area contributed by atoms with E-state index < -0.39 is 10.0 Å². The molecule has 2 aromatic heterocycles. The van der Waals surface area contributed by atoms with Crippen molar-refractivity contribution in [2.75, 3.05) is 0 Å². The minimum absolute atomic E-state index is 0.124. The lowest BCUT2D eigenvalue weighted by molar-refractivity contribution is 0.270. The van der Waals surface area contributed by atoms with Gasteiger partial charge in [-0.2, -0.15) is 0 Å². The maximum absolute atomic E-state index is 12.3. The molecule has 116 valence electrons. The molecule has 0 bridgehead atoms. The number of aryl methyl sites for hydroxylation is 2. The number of aliphatic hydroxyl groups is 1. The molecule has 0 saturated heterocycles. The van der Waals surface area contributed by atoms with Crippen LogP contribution in [-0.2, 0) is 36.8 Å². The van der Waals surface area contributed by atoms with Crippen LogP contribution in [0.3, 0.4) is 0 Å². The van der Waals surface area contributed by atoms with Gasteiger partial charge in [-0.25, -0.2) is 18.1 Å². The van der Waals surface area contributed by atoms with Crippen LogP contribution in [-0.4, -0.2) is 27.6 Å². The molecule has 0 amide bonds. The van der Waals surface area contributed by atoms with E-state index >= 15 is 0 Å². The first kappa shape index (κ1) is 15.7. The smallest absolute Gasteiger partial charge is 0.242 e. The Balaban J connectivity index is 2.17. The normalized spacial score (nSPS) is 12.0. The van der Waals surface area contributed by atoms with E-state index in [0.29, 0.717) is 18.1 Å². The molecule has 2 N–H and O–H groups in total. The standard InChI is InChI=1S/C13H20N4O3S/c1-3-5-17-9-12(7-11(17)10-18)21(19,20)15-8-13-14-4-6-16(13)2/h4,6-7,9,15,18H,3,5,8,10H2,1-2H3. The van der Waals surface area contributed by atoms with Crippen molar-refractivity contribution >= 4 is 10.0 Å². The van der Waals surface area contributed by atoms with Gasteiger partial charge in [0.25, 0.3) is 0 Å². The monoisotopic (exact) mass is 312 g/mol. The fourth-order valence-electron chi connectivity index (χ4n) is 2.06. The zero-order chi connectivity index (χ0) is 15.5. The van der Waals surface area contributed by atoms with E-state index in [2.05, 4.69) is 9.71 Å². The van der Waals surface area contributed by atoms with Crippen molar-refractivity contribution in [2.24, 2.45) is 7.05 Å². The maximum atomic E-state index is 12.3. The molecule has 21 heavy (non-hydrogen) atoms. The van der Waals surface area contributed by atoms with Crippen molar-refractivity contribution in [3.63, 3.8) is 0 Å². The molecule has 8 heteroatoms. The number of rotatable bonds is 7. The van der Waals surface area contributed by atoms with Crippen molar-refractivity contribution in [1.29, 1.82) is 0 Å². The number of nitrogens with zero attached hydrogens (tertiary/aromatic N) is 3. The molecule has 0 aliphatic heterocycles. The van der Waals surface area contributed by atoms with Crippen molar-refractivity contribution < 1.29 is 13.5 Å². The third kappa shape index (κ3) is 3.52. The summed E-state index contributed by atoms with van der Waals surface area (Å²) in [5, 5.41) is 9.29.